The van der Waals surface area contributed by atoms with Gasteiger partial charge < -0.3 is 10.2 Å². The number of fused-ring (bicyclic) bond motifs is 1. The lowest BCUT2D eigenvalue weighted by Gasteiger charge is -2.00. The Balaban J connectivity index is 2.20. The van der Waals surface area contributed by atoms with Crippen LogP contribution >= 0.6 is 11.3 Å². The van der Waals surface area contributed by atoms with Gasteiger partial charge in [0.2, 0.25) is 0 Å². The van der Waals surface area contributed by atoms with Gasteiger partial charge in [0.05, 0.1) is 10.6 Å². The Morgan fingerprint density at radius 1 is 1.35 bits per heavy atom. The van der Waals surface area contributed by atoms with Crippen LogP contribution in [0.4, 0.5) is 5.69 Å². The summed E-state index contributed by atoms with van der Waals surface area (Å²) in [5.41, 5.74) is 8.58. The molecular formula is C16H14N2OS. The van der Waals surface area contributed by atoms with Crippen LogP contribution < -0.4 is 5.73 Å². The third-order valence-corrected chi connectivity index (χ3v) is 4.47. The Labute approximate surface area is 121 Å². The van der Waals surface area contributed by atoms with Gasteiger partial charge in [0.15, 0.2) is 0 Å². The van der Waals surface area contributed by atoms with E-state index in [9.17, 15) is 0 Å². The third-order valence-electron chi connectivity index (χ3n) is 3.30. The first-order valence-corrected chi connectivity index (χ1v) is 7.36. The summed E-state index contributed by atoms with van der Waals surface area (Å²) in [5.74, 6) is 0.799. The molecule has 100 valence electrons. The second-order valence-electron chi connectivity index (χ2n) is 4.66. The Hall–Kier alpha value is -2.25. The molecule has 0 aliphatic rings. The maximum Gasteiger partial charge on any atom is 0.145 e. The smallest absolute Gasteiger partial charge is 0.145 e. The average Bonchev–Trinajstić information content (AvgIpc) is 3.01. The number of rotatable bonds is 3. The lowest BCUT2D eigenvalue weighted by molar-refractivity contribution is 0.632. The Morgan fingerprint density at radius 3 is 2.85 bits per heavy atom. The van der Waals surface area contributed by atoms with E-state index in [1.165, 1.54) is 11.3 Å². The molecule has 2 N–H and O–H groups in total. The van der Waals surface area contributed by atoms with Gasteiger partial charge in [-0.25, -0.2) is 0 Å². The van der Waals surface area contributed by atoms with Crippen molar-refractivity contribution in [2.24, 2.45) is 0 Å². The molecule has 0 atom stereocenters. The highest BCUT2D eigenvalue weighted by Crippen LogP contribution is 2.41. The van der Waals surface area contributed by atoms with Gasteiger partial charge >= 0.3 is 0 Å². The standard InChI is InChI=1S/C16H14N2OS/c1-2-5-11-15(18)14(9-17)20-16(11)13-8-10-6-3-4-7-12(10)19-13/h3-4,6-8H,2,5,18H2,1H3. The van der Waals surface area contributed by atoms with Crippen LogP contribution in [0.25, 0.3) is 21.6 Å². The normalized spacial score (nSPS) is 10.8. The Kier molecular flexibility index (Phi) is 3.21. The molecule has 0 aliphatic carbocycles. The minimum Gasteiger partial charge on any atom is -0.455 e. The van der Waals surface area contributed by atoms with Crippen LogP contribution in [0.3, 0.4) is 0 Å². The highest BCUT2D eigenvalue weighted by molar-refractivity contribution is 7.16. The molecule has 3 rings (SSSR count). The van der Waals surface area contributed by atoms with Gasteiger partial charge in [0, 0.05) is 5.39 Å². The van der Waals surface area contributed by atoms with E-state index in [4.69, 9.17) is 15.4 Å². The lowest BCUT2D eigenvalue weighted by Crippen LogP contribution is -1.92. The fourth-order valence-corrected chi connectivity index (χ4v) is 3.37. The zero-order valence-corrected chi connectivity index (χ0v) is 12.0. The van der Waals surface area contributed by atoms with Crippen LogP contribution in [0.15, 0.2) is 34.7 Å². The third kappa shape index (κ3) is 1.97. The van der Waals surface area contributed by atoms with Gasteiger partial charge in [0.25, 0.3) is 0 Å². The quantitative estimate of drug-likeness (QED) is 0.765. The molecule has 1 aromatic carbocycles. The summed E-state index contributed by atoms with van der Waals surface area (Å²) < 4.78 is 5.90. The Morgan fingerprint density at radius 2 is 2.15 bits per heavy atom. The second kappa shape index (κ2) is 5.03. The van der Waals surface area contributed by atoms with E-state index < -0.39 is 0 Å². The summed E-state index contributed by atoms with van der Waals surface area (Å²) in [4.78, 5) is 1.56. The zero-order chi connectivity index (χ0) is 14.1. The number of furan rings is 1. The topological polar surface area (TPSA) is 63.0 Å². The van der Waals surface area contributed by atoms with Crippen LogP contribution in [0.2, 0.25) is 0 Å². The molecule has 0 amide bonds. The number of benzene rings is 1. The van der Waals surface area contributed by atoms with E-state index in [0.29, 0.717) is 10.6 Å². The summed E-state index contributed by atoms with van der Waals surface area (Å²) in [6.07, 6.45) is 1.84. The highest BCUT2D eigenvalue weighted by Gasteiger charge is 2.19. The summed E-state index contributed by atoms with van der Waals surface area (Å²) in [6.45, 7) is 2.10. The van der Waals surface area contributed by atoms with Crippen LogP contribution in [-0.4, -0.2) is 0 Å². The van der Waals surface area contributed by atoms with Gasteiger partial charge in [-0.3, -0.25) is 0 Å². The number of nitriles is 1. The highest BCUT2D eigenvalue weighted by atomic mass is 32.1. The predicted octanol–water partition coefficient (Wildman–Crippen LogP) is 4.57. The van der Waals surface area contributed by atoms with Crippen molar-refractivity contribution >= 4 is 28.0 Å². The number of nitrogens with zero attached hydrogens (tertiary/aromatic N) is 1. The van der Waals surface area contributed by atoms with Crippen molar-refractivity contribution in [3.63, 3.8) is 0 Å². The molecule has 0 radical (unpaired) electrons. The number of hydrogen-bond acceptors (Lipinski definition) is 4. The van der Waals surface area contributed by atoms with E-state index in [0.717, 1.165) is 40.0 Å². The van der Waals surface area contributed by atoms with Gasteiger partial charge in [-0.2, -0.15) is 5.26 Å². The SMILES string of the molecule is CCCc1c(-c2cc3ccccc3o2)sc(C#N)c1N. The van der Waals surface area contributed by atoms with E-state index in [1.54, 1.807) is 0 Å². The molecule has 2 aromatic heterocycles. The first-order chi connectivity index (χ1) is 9.74. The largest absolute Gasteiger partial charge is 0.455 e. The van der Waals surface area contributed by atoms with Gasteiger partial charge in [0.1, 0.15) is 22.3 Å². The predicted molar refractivity (Wildman–Crippen MR) is 82.6 cm³/mol. The summed E-state index contributed by atoms with van der Waals surface area (Å²) >= 11 is 1.41. The van der Waals surface area contributed by atoms with Crippen molar-refractivity contribution in [2.45, 2.75) is 19.8 Å². The summed E-state index contributed by atoms with van der Waals surface area (Å²) in [6, 6.07) is 12.1. The van der Waals surface area contributed by atoms with Gasteiger partial charge in [-0.15, -0.1) is 11.3 Å². The zero-order valence-electron chi connectivity index (χ0n) is 11.1. The minimum absolute atomic E-state index is 0.573. The number of nitrogen functional groups attached to an aromatic ring is 1. The lowest BCUT2D eigenvalue weighted by atomic mass is 10.1. The molecule has 3 nitrogen and oxygen atoms in total. The number of para-hydroxylation sites is 1. The molecule has 0 fully saturated rings. The number of thiophene rings is 1. The molecule has 3 aromatic rings. The van der Waals surface area contributed by atoms with Gasteiger partial charge in [-0.05, 0) is 24.1 Å². The fraction of sp³-hybridized carbons (Fsp3) is 0.188. The monoisotopic (exact) mass is 282 g/mol. The minimum atomic E-state index is 0.573. The van der Waals surface area contributed by atoms with E-state index >= 15 is 0 Å². The first-order valence-electron chi connectivity index (χ1n) is 6.54. The van der Waals surface area contributed by atoms with Crippen molar-refractivity contribution in [3.05, 3.63) is 40.8 Å². The average molecular weight is 282 g/mol. The second-order valence-corrected chi connectivity index (χ2v) is 5.68. The van der Waals surface area contributed by atoms with E-state index in [-0.39, 0.29) is 0 Å². The molecule has 4 heteroatoms. The maximum atomic E-state index is 9.16. The number of nitrogens with two attached hydrogens (primary N) is 1. The number of anilines is 1. The molecule has 0 unspecified atom stereocenters. The van der Waals surface area contributed by atoms with Gasteiger partial charge in [-0.1, -0.05) is 31.5 Å². The molecule has 0 bridgehead atoms. The first kappa shape index (κ1) is 12.8. The molecule has 0 aliphatic heterocycles. The molecule has 0 saturated heterocycles. The van der Waals surface area contributed by atoms with Crippen molar-refractivity contribution in [3.8, 4) is 16.7 Å². The van der Waals surface area contributed by atoms with Crippen molar-refractivity contribution < 1.29 is 4.42 Å². The molecular weight excluding hydrogens is 268 g/mol. The molecule has 0 spiro atoms. The molecule has 0 saturated carbocycles. The molecule has 2 heterocycles. The molecule has 20 heavy (non-hydrogen) atoms. The van der Waals surface area contributed by atoms with Crippen LogP contribution in [0.1, 0.15) is 23.8 Å². The van der Waals surface area contributed by atoms with Crippen molar-refractivity contribution in [1.29, 1.82) is 5.26 Å². The fourth-order valence-electron chi connectivity index (χ4n) is 2.35. The van der Waals surface area contributed by atoms with Crippen molar-refractivity contribution in [2.75, 3.05) is 5.73 Å². The summed E-state index contributed by atoms with van der Waals surface area (Å²) in [5, 5.41) is 10.2. The maximum absolute atomic E-state index is 9.16. The Bertz CT molecular complexity index is 775. The van der Waals surface area contributed by atoms with Crippen LogP contribution in [0.5, 0.6) is 0 Å². The van der Waals surface area contributed by atoms with Crippen LogP contribution in [-0.2, 0) is 6.42 Å². The van der Waals surface area contributed by atoms with E-state index in [1.807, 2.05) is 30.3 Å². The van der Waals surface area contributed by atoms with Crippen molar-refractivity contribution in [1.82, 2.24) is 0 Å². The summed E-state index contributed by atoms with van der Waals surface area (Å²) in [7, 11) is 0. The van der Waals surface area contributed by atoms with E-state index in [2.05, 4.69) is 13.0 Å². The van der Waals surface area contributed by atoms with Crippen LogP contribution in [0, 0.1) is 11.3 Å². The number of hydrogen-bond donors (Lipinski definition) is 1.